The number of ether oxygens (including phenoxy) is 1. The van der Waals surface area contributed by atoms with Gasteiger partial charge in [-0.3, -0.25) is 9.59 Å². The molecule has 0 spiro atoms. The predicted octanol–water partition coefficient (Wildman–Crippen LogP) is 4.05. The quantitative estimate of drug-likeness (QED) is 0.460. The van der Waals surface area contributed by atoms with Crippen molar-refractivity contribution in [3.8, 4) is 0 Å². The van der Waals surface area contributed by atoms with E-state index in [4.69, 9.17) is 9.57 Å². The summed E-state index contributed by atoms with van der Waals surface area (Å²) in [5, 5.41) is 14.0. The van der Waals surface area contributed by atoms with Crippen LogP contribution in [0.2, 0.25) is 0 Å². The normalized spacial score (nSPS) is 17.2. The van der Waals surface area contributed by atoms with Gasteiger partial charge in [-0.05, 0) is 56.9 Å². The van der Waals surface area contributed by atoms with Crippen LogP contribution in [0.1, 0.15) is 70.1 Å². The number of fused-ring (bicyclic) bond motifs is 2. The number of anilines is 1. The molecular formula is C31H39N3O6. The van der Waals surface area contributed by atoms with Crippen molar-refractivity contribution in [2.24, 2.45) is 0 Å². The first-order valence-corrected chi connectivity index (χ1v) is 13.7. The molecule has 0 aliphatic carbocycles. The molecule has 2 amide bonds. The Morgan fingerprint density at radius 3 is 2.42 bits per heavy atom. The molecule has 1 fully saturated rings. The highest BCUT2D eigenvalue weighted by atomic mass is 16.7. The van der Waals surface area contributed by atoms with Crippen LogP contribution in [0.15, 0.2) is 48.5 Å². The average molecular weight is 550 g/mol. The van der Waals surface area contributed by atoms with Crippen molar-refractivity contribution in [3.05, 3.63) is 65.2 Å². The predicted molar refractivity (Wildman–Crippen MR) is 153 cm³/mol. The van der Waals surface area contributed by atoms with E-state index in [1.165, 1.54) is 0 Å². The zero-order chi connectivity index (χ0) is 28.9. The molecule has 1 unspecified atom stereocenters. The first kappa shape index (κ1) is 29.5. The van der Waals surface area contributed by atoms with Crippen molar-refractivity contribution in [2.75, 3.05) is 18.1 Å². The number of aliphatic hydroxyl groups is 1. The summed E-state index contributed by atoms with van der Waals surface area (Å²) in [5.41, 5.74) is 2.41. The Balaban J connectivity index is 1.29. The molecule has 1 atom stereocenters. The van der Waals surface area contributed by atoms with Gasteiger partial charge in [0.15, 0.2) is 11.8 Å². The molecule has 0 saturated carbocycles. The molecule has 2 aromatic rings. The Hall–Kier alpha value is -3.53. The van der Waals surface area contributed by atoms with E-state index in [2.05, 4.69) is 29.6 Å². The Bertz CT molecular complexity index is 1270. The number of nitrogens with zero attached hydrogens (tertiary/aromatic N) is 2. The van der Waals surface area contributed by atoms with Crippen molar-refractivity contribution in [1.82, 2.24) is 10.4 Å². The third-order valence-corrected chi connectivity index (χ3v) is 7.29. The maximum Gasteiger partial charge on any atom is 0.363 e. The first-order chi connectivity index (χ1) is 19.0. The molecule has 2 aromatic carbocycles. The summed E-state index contributed by atoms with van der Waals surface area (Å²) in [6.07, 6.45) is 4.26. The summed E-state index contributed by atoms with van der Waals surface area (Å²) in [6, 6.07) is 16.0. The fourth-order valence-electron chi connectivity index (χ4n) is 4.68. The highest BCUT2D eigenvalue weighted by molar-refractivity contribution is 5.97. The van der Waals surface area contributed by atoms with Gasteiger partial charge in [0, 0.05) is 38.0 Å². The van der Waals surface area contributed by atoms with Gasteiger partial charge in [-0.25, -0.2) is 4.79 Å². The van der Waals surface area contributed by atoms with Crippen molar-refractivity contribution >= 4 is 35.6 Å². The summed E-state index contributed by atoms with van der Waals surface area (Å²) in [5.74, 6) is -1.15. The van der Waals surface area contributed by atoms with E-state index in [0.717, 1.165) is 27.4 Å². The molecule has 40 heavy (non-hydrogen) atoms. The van der Waals surface area contributed by atoms with E-state index < -0.39 is 23.7 Å². The van der Waals surface area contributed by atoms with Crippen molar-refractivity contribution in [1.29, 1.82) is 0 Å². The van der Waals surface area contributed by atoms with Crippen LogP contribution in [-0.2, 0) is 30.5 Å². The molecule has 0 aromatic heterocycles. The number of carbonyl (C=O) groups is 3. The largest absolute Gasteiger partial charge is 0.370 e. The lowest BCUT2D eigenvalue weighted by molar-refractivity contribution is -0.234. The molecule has 0 bridgehead atoms. The molecule has 9 nitrogen and oxygen atoms in total. The van der Waals surface area contributed by atoms with Gasteiger partial charge < -0.3 is 24.9 Å². The molecule has 2 aliphatic heterocycles. The van der Waals surface area contributed by atoms with E-state index in [0.29, 0.717) is 25.9 Å². The van der Waals surface area contributed by atoms with E-state index in [1.807, 2.05) is 55.1 Å². The van der Waals surface area contributed by atoms with E-state index >= 15 is 0 Å². The van der Waals surface area contributed by atoms with E-state index in [9.17, 15) is 19.5 Å². The second-order valence-corrected chi connectivity index (χ2v) is 11.4. The van der Waals surface area contributed by atoms with Gasteiger partial charge in [0.1, 0.15) is 0 Å². The van der Waals surface area contributed by atoms with Crippen molar-refractivity contribution in [2.45, 2.75) is 77.3 Å². The number of amides is 2. The minimum absolute atomic E-state index is 0.0274. The van der Waals surface area contributed by atoms with Gasteiger partial charge >= 0.3 is 5.97 Å². The van der Waals surface area contributed by atoms with Crippen LogP contribution in [0.3, 0.4) is 0 Å². The highest BCUT2D eigenvalue weighted by Gasteiger charge is 2.39. The van der Waals surface area contributed by atoms with E-state index in [-0.39, 0.29) is 30.9 Å². The SMILES string of the molecule is CC(C)(CCOC(C)(C)C(=O)ON1C(=O)CCC1O)NCCC(=O)N1Cc2ccccc2C=Cc2ccccc21. The summed E-state index contributed by atoms with van der Waals surface area (Å²) >= 11 is 0. The fraction of sp³-hybridized carbons (Fsp3) is 0.452. The lowest BCUT2D eigenvalue weighted by Crippen LogP contribution is -2.46. The summed E-state index contributed by atoms with van der Waals surface area (Å²) < 4.78 is 5.81. The second kappa shape index (κ2) is 12.3. The van der Waals surface area contributed by atoms with Crippen LogP contribution in [0, 0.1) is 0 Å². The number of rotatable bonds is 10. The van der Waals surface area contributed by atoms with Crippen LogP contribution in [0.25, 0.3) is 12.2 Å². The summed E-state index contributed by atoms with van der Waals surface area (Å²) in [6.45, 7) is 8.37. The smallest absolute Gasteiger partial charge is 0.363 e. The van der Waals surface area contributed by atoms with E-state index in [1.54, 1.807) is 13.8 Å². The number of benzene rings is 2. The molecule has 2 heterocycles. The fourth-order valence-corrected chi connectivity index (χ4v) is 4.68. The molecule has 4 rings (SSSR count). The lowest BCUT2D eigenvalue weighted by atomic mass is 10.00. The Labute approximate surface area is 235 Å². The van der Waals surface area contributed by atoms with Crippen molar-refractivity contribution in [3.63, 3.8) is 0 Å². The zero-order valence-corrected chi connectivity index (χ0v) is 23.7. The minimum atomic E-state index is -1.31. The first-order valence-electron chi connectivity index (χ1n) is 13.7. The average Bonchev–Trinajstić information content (AvgIpc) is 3.21. The number of nitrogens with one attached hydrogen (secondary N) is 1. The number of hydrogen-bond acceptors (Lipinski definition) is 7. The zero-order valence-electron chi connectivity index (χ0n) is 23.7. The molecule has 9 heteroatoms. The Kier molecular flexibility index (Phi) is 9.08. The number of carbonyl (C=O) groups excluding carboxylic acids is 3. The maximum atomic E-state index is 13.5. The molecule has 0 radical (unpaired) electrons. The van der Waals surface area contributed by atoms with Crippen molar-refractivity contribution < 1.29 is 29.1 Å². The van der Waals surface area contributed by atoms with Gasteiger partial charge in [-0.2, -0.15) is 0 Å². The minimum Gasteiger partial charge on any atom is -0.370 e. The van der Waals surface area contributed by atoms with Crippen LogP contribution >= 0.6 is 0 Å². The Morgan fingerprint density at radius 1 is 1.02 bits per heavy atom. The van der Waals surface area contributed by atoms with Crippen LogP contribution in [0.4, 0.5) is 5.69 Å². The molecular weight excluding hydrogens is 510 g/mol. The number of hydroxylamine groups is 2. The van der Waals surface area contributed by atoms with Gasteiger partial charge in [0.05, 0.1) is 12.2 Å². The van der Waals surface area contributed by atoms with Gasteiger partial charge in [-0.15, -0.1) is 5.06 Å². The lowest BCUT2D eigenvalue weighted by Gasteiger charge is -2.31. The summed E-state index contributed by atoms with van der Waals surface area (Å²) in [4.78, 5) is 44.8. The van der Waals surface area contributed by atoms with Crippen LogP contribution in [-0.4, -0.2) is 58.5 Å². The molecule has 2 N–H and O–H groups in total. The standard InChI is InChI=1S/C31H39N3O6/c1-30(2,18-20-39-31(3,4)29(38)40-34-27(36)15-16-28(34)37)32-19-17-26(35)33-21-24-11-6-5-9-22(24)13-14-23-10-7-8-12-25(23)33/h5-14,27,32,36H,15-21H2,1-4H3. The topological polar surface area (TPSA) is 108 Å². The monoisotopic (exact) mass is 549 g/mol. The Morgan fingerprint density at radius 2 is 1.70 bits per heavy atom. The molecule has 2 aliphatic rings. The number of hydrogen-bond donors (Lipinski definition) is 2. The van der Waals surface area contributed by atoms with Gasteiger partial charge in [0.25, 0.3) is 5.91 Å². The summed E-state index contributed by atoms with van der Waals surface area (Å²) in [7, 11) is 0. The maximum absolute atomic E-state index is 13.5. The number of para-hydroxylation sites is 1. The third-order valence-electron chi connectivity index (χ3n) is 7.29. The molecule has 1 saturated heterocycles. The second-order valence-electron chi connectivity index (χ2n) is 11.4. The van der Waals surface area contributed by atoms with Crippen LogP contribution in [0.5, 0.6) is 0 Å². The third kappa shape index (κ3) is 7.15. The molecule has 214 valence electrons. The van der Waals surface area contributed by atoms with Gasteiger partial charge in [-0.1, -0.05) is 54.6 Å². The van der Waals surface area contributed by atoms with Crippen LogP contribution < -0.4 is 10.2 Å². The highest BCUT2D eigenvalue weighted by Crippen LogP contribution is 2.29. The number of aliphatic hydroxyl groups excluding tert-OH is 1. The van der Waals surface area contributed by atoms with Gasteiger partial charge in [0.2, 0.25) is 5.91 Å².